The number of carbonyl (C=O) groups is 1. The second-order valence-corrected chi connectivity index (χ2v) is 4.80. The van der Waals surface area contributed by atoms with E-state index >= 15 is 0 Å². The molecule has 0 radical (unpaired) electrons. The summed E-state index contributed by atoms with van der Waals surface area (Å²) in [7, 11) is 1.50. The van der Waals surface area contributed by atoms with Gasteiger partial charge in [0, 0.05) is 20.0 Å². The van der Waals surface area contributed by atoms with Crippen molar-refractivity contribution in [2.45, 2.75) is 18.4 Å². The Morgan fingerprint density at radius 2 is 1.68 bits per heavy atom. The molecular weight excluding hydrogens is 276 g/mol. The van der Waals surface area contributed by atoms with Crippen LogP contribution < -0.4 is 4.74 Å². The highest BCUT2D eigenvalue weighted by Gasteiger charge is 2.42. The maximum atomic E-state index is 12.8. The Morgan fingerprint density at radius 3 is 2.23 bits per heavy atom. The number of hydrogen-bond acceptors (Lipinski definition) is 3. The van der Waals surface area contributed by atoms with Gasteiger partial charge in [-0.25, -0.2) is 4.79 Å². The number of rotatable bonds is 6. The molecule has 2 aromatic rings. The molecule has 0 aliphatic rings. The van der Waals surface area contributed by atoms with Crippen LogP contribution in [-0.2, 0) is 15.1 Å². The monoisotopic (exact) mass is 294 g/mol. The van der Waals surface area contributed by atoms with Gasteiger partial charge < -0.3 is 9.47 Å². The van der Waals surface area contributed by atoms with Crippen molar-refractivity contribution in [2.75, 3.05) is 7.11 Å². The summed E-state index contributed by atoms with van der Waals surface area (Å²) in [5, 5.41) is 0. The number of esters is 1. The van der Waals surface area contributed by atoms with Crippen LogP contribution in [0.3, 0.4) is 0 Å². The van der Waals surface area contributed by atoms with E-state index in [1.807, 2.05) is 36.4 Å². The minimum atomic E-state index is -1.20. The first-order valence-corrected chi connectivity index (χ1v) is 7.04. The van der Waals surface area contributed by atoms with Crippen LogP contribution in [-0.4, -0.2) is 13.1 Å². The molecule has 0 aliphatic carbocycles. The fourth-order valence-corrected chi connectivity index (χ4v) is 2.30. The van der Waals surface area contributed by atoms with Crippen molar-refractivity contribution >= 4 is 5.97 Å². The number of ether oxygens (including phenoxy) is 2. The molecule has 0 saturated carbocycles. The fraction of sp³-hybridized carbons (Fsp3) is 0.211. The maximum Gasteiger partial charge on any atom is 0.348 e. The van der Waals surface area contributed by atoms with Crippen molar-refractivity contribution in [1.29, 1.82) is 0 Å². The zero-order valence-corrected chi connectivity index (χ0v) is 12.5. The minimum absolute atomic E-state index is 0.357. The maximum absolute atomic E-state index is 12.8. The topological polar surface area (TPSA) is 35.5 Å². The van der Waals surface area contributed by atoms with Crippen LogP contribution in [0.5, 0.6) is 5.75 Å². The molecule has 112 valence electrons. The molecule has 0 bridgehead atoms. The highest BCUT2D eigenvalue weighted by molar-refractivity contribution is 5.83. The molecule has 1 atom stereocenters. The lowest BCUT2D eigenvalue weighted by molar-refractivity contribution is -0.161. The van der Waals surface area contributed by atoms with Gasteiger partial charge in [0.25, 0.3) is 0 Å². The third-order valence-corrected chi connectivity index (χ3v) is 3.49. The quantitative estimate of drug-likeness (QED) is 0.464. The first kappa shape index (κ1) is 15.8. The Balaban J connectivity index is 2.35. The largest absolute Gasteiger partial charge is 0.424 e. The molecule has 0 fully saturated rings. The average Bonchev–Trinajstić information content (AvgIpc) is 2.58. The van der Waals surface area contributed by atoms with Crippen LogP contribution >= 0.6 is 0 Å². The third-order valence-electron chi connectivity index (χ3n) is 3.49. The summed E-state index contributed by atoms with van der Waals surface area (Å²) in [6.45, 7) is 0. The number of methoxy groups -OCH3 is 1. The molecule has 0 N–H and O–H groups in total. The van der Waals surface area contributed by atoms with Crippen molar-refractivity contribution in [3.63, 3.8) is 0 Å². The minimum Gasteiger partial charge on any atom is -0.424 e. The smallest absolute Gasteiger partial charge is 0.348 e. The molecule has 1 unspecified atom stereocenters. The summed E-state index contributed by atoms with van der Waals surface area (Å²) in [6.07, 6.45) is 6.13. The van der Waals surface area contributed by atoms with E-state index < -0.39 is 11.6 Å². The van der Waals surface area contributed by atoms with Crippen molar-refractivity contribution in [3.8, 4) is 18.1 Å². The van der Waals surface area contributed by atoms with Crippen molar-refractivity contribution in [3.05, 3.63) is 66.2 Å². The number of carbonyl (C=O) groups excluding carboxylic acids is 1. The lowest BCUT2D eigenvalue weighted by atomic mass is 9.89. The Morgan fingerprint density at radius 1 is 1.09 bits per heavy atom. The molecule has 0 aliphatic heterocycles. The highest BCUT2D eigenvalue weighted by Crippen LogP contribution is 2.32. The SMILES string of the molecule is C#CCCC(OC)(C(=O)Oc1ccccc1)c1ccccc1. The van der Waals surface area contributed by atoms with Gasteiger partial charge in [-0.1, -0.05) is 48.5 Å². The second-order valence-electron chi connectivity index (χ2n) is 4.80. The summed E-state index contributed by atoms with van der Waals surface area (Å²) >= 11 is 0. The van der Waals surface area contributed by atoms with Crippen molar-refractivity contribution < 1.29 is 14.3 Å². The zero-order valence-electron chi connectivity index (χ0n) is 12.5. The van der Waals surface area contributed by atoms with E-state index in [-0.39, 0.29) is 0 Å². The van der Waals surface area contributed by atoms with Crippen LogP contribution in [0.1, 0.15) is 18.4 Å². The van der Waals surface area contributed by atoms with Crippen LogP contribution in [0.15, 0.2) is 60.7 Å². The Hall–Kier alpha value is -2.57. The van der Waals surface area contributed by atoms with Gasteiger partial charge in [0.2, 0.25) is 0 Å². The van der Waals surface area contributed by atoms with E-state index in [1.54, 1.807) is 24.3 Å². The molecule has 0 spiro atoms. The Bertz CT molecular complexity index is 643. The molecule has 2 aromatic carbocycles. The van der Waals surface area contributed by atoms with Crippen molar-refractivity contribution in [2.24, 2.45) is 0 Å². The average molecular weight is 294 g/mol. The molecule has 0 aromatic heterocycles. The number of benzene rings is 2. The van der Waals surface area contributed by atoms with Gasteiger partial charge in [-0.2, -0.15) is 0 Å². The van der Waals surface area contributed by atoms with Gasteiger partial charge in [0.15, 0.2) is 5.60 Å². The predicted octanol–water partition coefficient (Wildman–Crippen LogP) is 3.55. The summed E-state index contributed by atoms with van der Waals surface area (Å²) in [5.74, 6) is 2.57. The lowest BCUT2D eigenvalue weighted by Gasteiger charge is -2.30. The molecule has 2 rings (SSSR count). The second kappa shape index (κ2) is 7.44. The van der Waals surface area contributed by atoms with Gasteiger partial charge in [0.1, 0.15) is 5.75 Å². The van der Waals surface area contributed by atoms with Crippen LogP contribution in [0.4, 0.5) is 0 Å². The molecule has 0 heterocycles. The molecule has 3 nitrogen and oxygen atoms in total. The fourth-order valence-electron chi connectivity index (χ4n) is 2.30. The van der Waals surface area contributed by atoms with E-state index in [1.165, 1.54) is 7.11 Å². The first-order valence-electron chi connectivity index (χ1n) is 7.04. The predicted molar refractivity (Wildman–Crippen MR) is 85.3 cm³/mol. The van der Waals surface area contributed by atoms with E-state index in [2.05, 4.69) is 5.92 Å². The van der Waals surface area contributed by atoms with E-state index in [4.69, 9.17) is 15.9 Å². The van der Waals surface area contributed by atoms with Gasteiger partial charge in [-0.3, -0.25) is 0 Å². The first-order chi connectivity index (χ1) is 10.7. The van der Waals surface area contributed by atoms with Gasteiger partial charge in [-0.05, 0) is 17.7 Å². The lowest BCUT2D eigenvalue weighted by Crippen LogP contribution is -2.41. The summed E-state index contributed by atoms with van der Waals surface area (Å²) < 4.78 is 11.1. The van der Waals surface area contributed by atoms with E-state index in [9.17, 15) is 4.79 Å². The van der Waals surface area contributed by atoms with Gasteiger partial charge in [0.05, 0.1) is 0 Å². The highest BCUT2D eigenvalue weighted by atomic mass is 16.6. The number of terminal acetylenes is 1. The van der Waals surface area contributed by atoms with E-state index in [0.717, 1.165) is 5.56 Å². The normalized spacial score (nSPS) is 12.9. The van der Waals surface area contributed by atoms with E-state index in [0.29, 0.717) is 18.6 Å². The van der Waals surface area contributed by atoms with Crippen molar-refractivity contribution in [1.82, 2.24) is 0 Å². The molecule has 0 saturated heterocycles. The van der Waals surface area contributed by atoms with Gasteiger partial charge >= 0.3 is 5.97 Å². The summed E-state index contributed by atoms with van der Waals surface area (Å²) in [4.78, 5) is 12.8. The molecule has 0 amide bonds. The van der Waals surface area contributed by atoms with Crippen LogP contribution in [0.25, 0.3) is 0 Å². The molecular formula is C19H18O3. The third kappa shape index (κ3) is 3.36. The summed E-state index contributed by atoms with van der Waals surface area (Å²) in [6, 6.07) is 18.2. The number of para-hydroxylation sites is 1. The molecule has 3 heteroatoms. The zero-order chi connectivity index (χ0) is 15.8. The summed E-state index contributed by atoms with van der Waals surface area (Å²) in [5.41, 5.74) is -0.475. The van der Waals surface area contributed by atoms with Crippen LogP contribution in [0, 0.1) is 12.3 Å². The Labute approximate surface area is 130 Å². The van der Waals surface area contributed by atoms with Gasteiger partial charge in [-0.15, -0.1) is 12.3 Å². The van der Waals surface area contributed by atoms with Crippen LogP contribution in [0.2, 0.25) is 0 Å². The molecule has 22 heavy (non-hydrogen) atoms. The standard InChI is InChI=1S/C19H18O3/c1-3-4-15-19(21-2,16-11-7-5-8-12-16)18(20)22-17-13-9-6-10-14-17/h1,5-14H,4,15H2,2H3. The Kier molecular flexibility index (Phi) is 5.35. The number of hydrogen-bond donors (Lipinski definition) is 0.